The minimum absolute atomic E-state index is 0. The Hall–Kier alpha value is -0.910. The molecule has 0 atom stereocenters. The van der Waals surface area contributed by atoms with Gasteiger partial charge in [0.25, 0.3) is 0 Å². The second-order valence-corrected chi connectivity index (χ2v) is 8.45. The average molecular weight is 510 g/mol. The number of aliphatic imine (C=N–C) groups is 1. The fourth-order valence-electron chi connectivity index (χ4n) is 3.17. The highest BCUT2D eigenvalue weighted by atomic mass is 127. The quantitative estimate of drug-likeness (QED) is 0.267. The molecular formula is C18H31IN4O3S. The highest BCUT2D eigenvalue weighted by molar-refractivity contribution is 14.0. The van der Waals surface area contributed by atoms with E-state index in [-0.39, 0.29) is 28.9 Å². The molecule has 7 nitrogen and oxygen atoms in total. The zero-order valence-corrected chi connectivity index (χ0v) is 19.2. The van der Waals surface area contributed by atoms with Crippen LogP contribution in [0.2, 0.25) is 0 Å². The fraction of sp³-hybridized carbons (Fsp3) is 0.611. The SMILES string of the molecule is CN=C(NCCc1ccc(S(N)(=O)=O)cc1)NCC1(CCOC)CCC1.I. The topological polar surface area (TPSA) is 106 Å². The Bertz CT molecular complexity index is 704. The summed E-state index contributed by atoms with van der Waals surface area (Å²) in [5, 5.41) is 11.8. The van der Waals surface area contributed by atoms with Gasteiger partial charge >= 0.3 is 0 Å². The van der Waals surface area contributed by atoms with Crippen molar-refractivity contribution in [2.75, 3.05) is 33.9 Å². The lowest BCUT2D eigenvalue weighted by molar-refractivity contribution is 0.0732. The van der Waals surface area contributed by atoms with Crippen molar-refractivity contribution < 1.29 is 13.2 Å². The number of nitrogens with two attached hydrogens (primary N) is 1. The van der Waals surface area contributed by atoms with Gasteiger partial charge in [0.1, 0.15) is 0 Å². The molecule has 0 spiro atoms. The number of nitrogens with one attached hydrogen (secondary N) is 2. The minimum Gasteiger partial charge on any atom is -0.385 e. The molecule has 0 heterocycles. The molecule has 1 aliphatic carbocycles. The standard InChI is InChI=1S/C18H30N4O3S.HI/c1-20-17(22-14-18(9-3-10-18)11-13-25-2)21-12-8-15-4-6-16(7-5-15)26(19,23)24;/h4-7H,3,8-14H2,1-2H3,(H2,19,23,24)(H2,20,21,22);1H. The van der Waals surface area contributed by atoms with Gasteiger partial charge in [-0.25, -0.2) is 13.6 Å². The average Bonchev–Trinajstić information content (AvgIpc) is 2.58. The lowest BCUT2D eigenvalue weighted by Gasteiger charge is -2.42. The lowest BCUT2D eigenvalue weighted by atomic mass is 9.67. The molecule has 0 unspecified atom stereocenters. The maximum Gasteiger partial charge on any atom is 0.238 e. The Balaban J connectivity index is 0.00000364. The molecule has 27 heavy (non-hydrogen) atoms. The Morgan fingerprint density at radius 1 is 1.26 bits per heavy atom. The van der Waals surface area contributed by atoms with Crippen LogP contribution in [0.25, 0.3) is 0 Å². The van der Waals surface area contributed by atoms with Crippen molar-refractivity contribution in [2.45, 2.75) is 37.0 Å². The summed E-state index contributed by atoms with van der Waals surface area (Å²) in [5.41, 5.74) is 1.37. The van der Waals surface area contributed by atoms with Crippen LogP contribution in [0, 0.1) is 5.41 Å². The zero-order chi connectivity index (χ0) is 19.0. The molecule has 4 N–H and O–H groups in total. The summed E-state index contributed by atoms with van der Waals surface area (Å²) >= 11 is 0. The first-order valence-electron chi connectivity index (χ1n) is 8.94. The maximum absolute atomic E-state index is 11.3. The lowest BCUT2D eigenvalue weighted by Crippen LogP contribution is -2.47. The van der Waals surface area contributed by atoms with Crippen LogP contribution in [0.4, 0.5) is 0 Å². The van der Waals surface area contributed by atoms with Crippen LogP contribution in [0.15, 0.2) is 34.2 Å². The number of primary sulfonamides is 1. The number of halogens is 1. The number of sulfonamides is 1. The monoisotopic (exact) mass is 510 g/mol. The summed E-state index contributed by atoms with van der Waals surface area (Å²) in [7, 11) is -0.128. The smallest absolute Gasteiger partial charge is 0.238 e. The molecular weight excluding hydrogens is 479 g/mol. The highest BCUT2D eigenvalue weighted by Crippen LogP contribution is 2.43. The number of rotatable bonds is 9. The first-order valence-corrected chi connectivity index (χ1v) is 10.5. The third-order valence-electron chi connectivity index (χ3n) is 5.06. The Kier molecular flexibility index (Phi) is 9.99. The van der Waals surface area contributed by atoms with E-state index in [1.54, 1.807) is 26.3 Å². The number of guanidine groups is 1. The number of ether oxygens (including phenoxy) is 1. The van der Waals surface area contributed by atoms with E-state index in [4.69, 9.17) is 9.88 Å². The van der Waals surface area contributed by atoms with Crippen LogP contribution in [-0.4, -0.2) is 48.2 Å². The van der Waals surface area contributed by atoms with Crippen molar-refractivity contribution >= 4 is 40.0 Å². The first kappa shape index (κ1) is 24.1. The number of nitrogens with zero attached hydrogens (tertiary/aromatic N) is 1. The Morgan fingerprint density at radius 2 is 1.93 bits per heavy atom. The Morgan fingerprint density at radius 3 is 2.41 bits per heavy atom. The second kappa shape index (κ2) is 11.2. The number of benzene rings is 1. The van der Waals surface area contributed by atoms with Gasteiger partial charge in [0.05, 0.1) is 4.90 Å². The zero-order valence-electron chi connectivity index (χ0n) is 16.0. The summed E-state index contributed by atoms with van der Waals surface area (Å²) < 4.78 is 27.8. The van der Waals surface area contributed by atoms with Crippen molar-refractivity contribution in [3.05, 3.63) is 29.8 Å². The molecule has 9 heteroatoms. The van der Waals surface area contributed by atoms with E-state index >= 15 is 0 Å². The molecule has 0 radical (unpaired) electrons. The van der Waals surface area contributed by atoms with E-state index in [9.17, 15) is 8.42 Å². The van der Waals surface area contributed by atoms with Gasteiger partial charge in [-0.1, -0.05) is 18.6 Å². The highest BCUT2D eigenvalue weighted by Gasteiger charge is 2.36. The van der Waals surface area contributed by atoms with Gasteiger partial charge in [0.2, 0.25) is 10.0 Å². The second-order valence-electron chi connectivity index (χ2n) is 6.89. The number of methoxy groups -OCH3 is 1. The van der Waals surface area contributed by atoms with Crippen molar-refractivity contribution in [1.29, 1.82) is 0 Å². The van der Waals surface area contributed by atoms with Crippen LogP contribution >= 0.6 is 24.0 Å². The normalized spacial score (nSPS) is 16.2. The van der Waals surface area contributed by atoms with Crippen LogP contribution in [0.1, 0.15) is 31.2 Å². The van der Waals surface area contributed by atoms with Gasteiger partial charge < -0.3 is 15.4 Å². The van der Waals surface area contributed by atoms with E-state index < -0.39 is 10.0 Å². The third kappa shape index (κ3) is 7.55. The molecule has 1 aromatic carbocycles. The summed E-state index contributed by atoms with van der Waals surface area (Å²) in [4.78, 5) is 4.41. The van der Waals surface area contributed by atoms with Gasteiger partial charge in [-0.05, 0) is 48.8 Å². The summed E-state index contributed by atoms with van der Waals surface area (Å²) in [6.07, 6.45) is 5.59. The van der Waals surface area contributed by atoms with Gasteiger partial charge in [-0.15, -0.1) is 24.0 Å². The van der Waals surface area contributed by atoms with Gasteiger partial charge in [-0.2, -0.15) is 0 Å². The van der Waals surface area contributed by atoms with Crippen LogP contribution in [-0.2, 0) is 21.2 Å². The van der Waals surface area contributed by atoms with Crippen LogP contribution in [0.5, 0.6) is 0 Å². The van der Waals surface area contributed by atoms with Gasteiger partial charge in [-0.3, -0.25) is 4.99 Å². The van der Waals surface area contributed by atoms with Crippen molar-refractivity contribution in [2.24, 2.45) is 15.5 Å². The molecule has 0 aromatic heterocycles. The van der Waals surface area contributed by atoms with E-state index in [0.717, 1.165) is 37.5 Å². The van der Waals surface area contributed by atoms with E-state index in [1.165, 1.54) is 31.4 Å². The first-order chi connectivity index (χ1) is 12.4. The van der Waals surface area contributed by atoms with Crippen molar-refractivity contribution in [3.63, 3.8) is 0 Å². The van der Waals surface area contributed by atoms with Crippen LogP contribution in [0.3, 0.4) is 0 Å². The molecule has 1 fully saturated rings. The summed E-state index contributed by atoms with van der Waals surface area (Å²) in [6.45, 7) is 2.40. The maximum atomic E-state index is 11.3. The molecule has 1 aliphatic rings. The molecule has 0 bridgehead atoms. The molecule has 1 aromatic rings. The largest absolute Gasteiger partial charge is 0.385 e. The fourth-order valence-corrected chi connectivity index (χ4v) is 3.69. The predicted octanol–water partition coefficient (Wildman–Crippen LogP) is 1.87. The number of hydrogen-bond acceptors (Lipinski definition) is 4. The van der Waals surface area contributed by atoms with Gasteiger partial charge in [0.15, 0.2) is 5.96 Å². The minimum atomic E-state index is -3.64. The van der Waals surface area contributed by atoms with Crippen molar-refractivity contribution in [1.82, 2.24) is 10.6 Å². The summed E-state index contributed by atoms with van der Waals surface area (Å²) in [5.74, 6) is 0.787. The predicted molar refractivity (Wildman–Crippen MR) is 119 cm³/mol. The van der Waals surface area contributed by atoms with Crippen molar-refractivity contribution in [3.8, 4) is 0 Å². The van der Waals surface area contributed by atoms with Gasteiger partial charge in [0, 0.05) is 33.9 Å². The van der Waals surface area contributed by atoms with E-state index in [1.807, 2.05) is 0 Å². The molecule has 0 aliphatic heterocycles. The Labute approximate surface area is 179 Å². The number of hydrogen-bond donors (Lipinski definition) is 3. The van der Waals surface area contributed by atoms with Crippen LogP contribution < -0.4 is 15.8 Å². The molecule has 2 rings (SSSR count). The third-order valence-corrected chi connectivity index (χ3v) is 5.99. The molecule has 154 valence electrons. The summed E-state index contributed by atoms with van der Waals surface area (Å²) in [6, 6.07) is 6.64. The molecule has 1 saturated carbocycles. The molecule has 0 amide bonds. The molecule has 0 saturated heterocycles. The van der Waals surface area contributed by atoms with E-state index in [0.29, 0.717) is 12.0 Å². The van der Waals surface area contributed by atoms with E-state index in [2.05, 4.69) is 15.6 Å².